The lowest BCUT2D eigenvalue weighted by Crippen LogP contribution is -2.56. The zero-order valence-corrected chi connectivity index (χ0v) is 13.2. The molecule has 1 atom stereocenters. The Balaban J connectivity index is 1.89. The molecule has 0 aliphatic carbocycles. The van der Waals surface area contributed by atoms with E-state index in [0.717, 1.165) is 24.1 Å². The van der Waals surface area contributed by atoms with E-state index in [1.807, 2.05) is 0 Å². The van der Waals surface area contributed by atoms with Crippen LogP contribution >= 0.6 is 15.9 Å². The molecule has 3 rings (SSSR count). The van der Waals surface area contributed by atoms with E-state index in [9.17, 15) is 0 Å². The summed E-state index contributed by atoms with van der Waals surface area (Å²) in [6.07, 6.45) is 0. The van der Waals surface area contributed by atoms with Crippen LogP contribution in [0.4, 0.5) is 5.69 Å². The molecule has 1 N–H and O–H groups in total. The van der Waals surface area contributed by atoms with Gasteiger partial charge in [-0.15, -0.1) is 0 Å². The number of para-hydroxylation sites is 1. The summed E-state index contributed by atoms with van der Waals surface area (Å²) in [6, 6.07) is 19.2. The Labute approximate surface area is 128 Å². The molecule has 1 fully saturated rings. The van der Waals surface area contributed by atoms with E-state index < -0.39 is 0 Å². The Kier molecular flexibility index (Phi) is 3.81. The molecule has 1 aliphatic heterocycles. The maximum Gasteiger partial charge on any atom is 0.0584 e. The summed E-state index contributed by atoms with van der Waals surface area (Å²) < 4.78 is 1.16. The third kappa shape index (κ3) is 2.60. The summed E-state index contributed by atoms with van der Waals surface area (Å²) in [7, 11) is 0. The topological polar surface area (TPSA) is 15.3 Å². The molecule has 0 spiro atoms. The maximum absolute atomic E-state index is 3.67. The monoisotopic (exact) mass is 330 g/mol. The third-order valence-corrected chi connectivity index (χ3v) is 4.68. The molecule has 0 aromatic heterocycles. The third-order valence-electron chi connectivity index (χ3n) is 4.01. The van der Waals surface area contributed by atoms with Crippen molar-refractivity contribution in [2.45, 2.75) is 12.5 Å². The Bertz CT molecular complexity index is 585. The summed E-state index contributed by atoms with van der Waals surface area (Å²) in [4.78, 5) is 2.45. The second-order valence-corrected chi connectivity index (χ2v) is 6.35. The highest BCUT2D eigenvalue weighted by molar-refractivity contribution is 9.10. The lowest BCUT2D eigenvalue weighted by Gasteiger charge is -2.43. The van der Waals surface area contributed by atoms with Gasteiger partial charge in [0, 0.05) is 24.1 Å². The van der Waals surface area contributed by atoms with Crippen LogP contribution in [0.25, 0.3) is 0 Å². The van der Waals surface area contributed by atoms with Crippen molar-refractivity contribution >= 4 is 21.6 Å². The molecule has 1 unspecified atom stereocenters. The molecule has 1 aliphatic rings. The van der Waals surface area contributed by atoms with Crippen LogP contribution in [0, 0.1) is 0 Å². The second kappa shape index (κ2) is 5.58. The van der Waals surface area contributed by atoms with Crippen LogP contribution in [-0.2, 0) is 5.54 Å². The van der Waals surface area contributed by atoms with Gasteiger partial charge in [0.1, 0.15) is 0 Å². The van der Waals surface area contributed by atoms with E-state index >= 15 is 0 Å². The highest BCUT2D eigenvalue weighted by Crippen LogP contribution is 2.31. The smallest absolute Gasteiger partial charge is 0.0584 e. The van der Waals surface area contributed by atoms with Crippen molar-refractivity contribution in [1.29, 1.82) is 0 Å². The number of anilines is 1. The van der Waals surface area contributed by atoms with Gasteiger partial charge in [-0.1, -0.05) is 42.5 Å². The molecule has 2 aromatic carbocycles. The number of nitrogens with zero attached hydrogens (tertiary/aromatic N) is 1. The normalized spacial score (nSPS) is 22.8. The van der Waals surface area contributed by atoms with E-state index in [1.54, 1.807) is 0 Å². The Morgan fingerprint density at radius 2 is 1.75 bits per heavy atom. The van der Waals surface area contributed by atoms with Crippen LogP contribution in [0.3, 0.4) is 0 Å². The van der Waals surface area contributed by atoms with Gasteiger partial charge in [0.25, 0.3) is 0 Å². The second-order valence-electron chi connectivity index (χ2n) is 5.50. The molecule has 20 heavy (non-hydrogen) atoms. The molecule has 1 heterocycles. The van der Waals surface area contributed by atoms with E-state index in [-0.39, 0.29) is 5.54 Å². The molecule has 2 aromatic rings. The van der Waals surface area contributed by atoms with Crippen LogP contribution in [0.2, 0.25) is 0 Å². The van der Waals surface area contributed by atoms with Crippen molar-refractivity contribution in [3.05, 3.63) is 64.6 Å². The van der Waals surface area contributed by atoms with Crippen molar-refractivity contribution in [3.8, 4) is 0 Å². The summed E-state index contributed by atoms with van der Waals surface area (Å²) in [6.45, 7) is 5.28. The minimum absolute atomic E-state index is 0.00517. The predicted molar refractivity (Wildman–Crippen MR) is 88.2 cm³/mol. The summed E-state index contributed by atoms with van der Waals surface area (Å²) in [5, 5.41) is 3.67. The molecule has 0 saturated carbocycles. The molecule has 2 nitrogen and oxygen atoms in total. The Hall–Kier alpha value is -1.32. The quantitative estimate of drug-likeness (QED) is 0.901. The summed E-state index contributed by atoms with van der Waals surface area (Å²) in [5.74, 6) is 0. The van der Waals surface area contributed by atoms with Crippen molar-refractivity contribution in [1.82, 2.24) is 5.32 Å². The molecule has 0 radical (unpaired) electrons. The van der Waals surface area contributed by atoms with Crippen LogP contribution in [0.15, 0.2) is 59.1 Å². The van der Waals surface area contributed by atoms with Crippen LogP contribution in [0.1, 0.15) is 12.5 Å². The predicted octanol–water partition coefficient (Wildman–Crippen LogP) is 3.77. The average molecular weight is 331 g/mol. The van der Waals surface area contributed by atoms with Gasteiger partial charge in [-0.3, -0.25) is 0 Å². The van der Waals surface area contributed by atoms with Crippen molar-refractivity contribution < 1.29 is 0 Å². The largest absolute Gasteiger partial charge is 0.367 e. The fourth-order valence-electron chi connectivity index (χ4n) is 2.90. The Morgan fingerprint density at radius 3 is 2.50 bits per heavy atom. The van der Waals surface area contributed by atoms with E-state index in [2.05, 4.69) is 87.7 Å². The molecule has 1 saturated heterocycles. The van der Waals surface area contributed by atoms with Gasteiger partial charge in [0.05, 0.1) is 11.2 Å². The highest BCUT2D eigenvalue weighted by atomic mass is 79.9. The molecule has 3 heteroatoms. The van der Waals surface area contributed by atoms with Gasteiger partial charge >= 0.3 is 0 Å². The van der Waals surface area contributed by atoms with Crippen LogP contribution in [0.5, 0.6) is 0 Å². The fourth-order valence-corrected chi connectivity index (χ4v) is 3.43. The van der Waals surface area contributed by atoms with Crippen molar-refractivity contribution in [2.75, 3.05) is 24.5 Å². The lowest BCUT2D eigenvalue weighted by atomic mass is 9.89. The van der Waals surface area contributed by atoms with E-state index in [0.29, 0.717) is 0 Å². The fraction of sp³-hybridized carbons (Fsp3) is 0.294. The molecule has 0 bridgehead atoms. The van der Waals surface area contributed by atoms with E-state index in [4.69, 9.17) is 0 Å². The molecular weight excluding hydrogens is 312 g/mol. The first-order chi connectivity index (χ1) is 9.69. The van der Waals surface area contributed by atoms with Crippen LogP contribution in [-0.4, -0.2) is 19.6 Å². The minimum Gasteiger partial charge on any atom is -0.367 e. The first kappa shape index (κ1) is 13.7. The van der Waals surface area contributed by atoms with Crippen molar-refractivity contribution in [2.24, 2.45) is 0 Å². The van der Waals surface area contributed by atoms with Gasteiger partial charge in [-0.2, -0.15) is 0 Å². The molecule has 0 amide bonds. The number of halogens is 1. The first-order valence-corrected chi connectivity index (χ1v) is 7.78. The lowest BCUT2D eigenvalue weighted by molar-refractivity contribution is 0.332. The van der Waals surface area contributed by atoms with Gasteiger partial charge in [-0.05, 0) is 40.5 Å². The molecule has 104 valence electrons. The first-order valence-electron chi connectivity index (χ1n) is 6.99. The average Bonchev–Trinajstić information content (AvgIpc) is 2.49. The number of hydrogen-bond acceptors (Lipinski definition) is 2. The summed E-state index contributed by atoms with van der Waals surface area (Å²) >= 11 is 3.66. The van der Waals surface area contributed by atoms with Crippen LogP contribution < -0.4 is 10.2 Å². The summed E-state index contributed by atoms with van der Waals surface area (Å²) in [5.41, 5.74) is 2.61. The Morgan fingerprint density at radius 1 is 1.05 bits per heavy atom. The number of benzene rings is 2. The van der Waals surface area contributed by atoms with E-state index in [1.165, 1.54) is 11.3 Å². The zero-order valence-electron chi connectivity index (χ0n) is 11.6. The van der Waals surface area contributed by atoms with Gasteiger partial charge in [0.2, 0.25) is 0 Å². The minimum atomic E-state index is -0.00517. The zero-order chi connectivity index (χ0) is 14.0. The van der Waals surface area contributed by atoms with Gasteiger partial charge in [0.15, 0.2) is 0 Å². The SMILES string of the molecule is CC1(c2ccccc2)CN(c2ccccc2Br)CCN1. The highest BCUT2D eigenvalue weighted by Gasteiger charge is 2.32. The number of piperazine rings is 1. The van der Waals surface area contributed by atoms with Gasteiger partial charge < -0.3 is 10.2 Å². The molecular formula is C17H19BrN2. The maximum atomic E-state index is 3.67. The van der Waals surface area contributed by atoms with Crippen molar-refractivity contribution in [3.63, 3.8) is 0 Å². The number of hydrogen-bond donors (Lipinski definition) is 1. The number of nitrogens with one attached hydrogen (secondary N) is 1. The standard InChI is InChI=1S/C17H19BrN2/c1-17(14-7-3-2-4-8-14)13-20(12-11-19-17)16-10-6-5-9-15(16)18/h2-10,19H,11-13H2,1H3. The van der Waals surface area contributed by atoms with Gasteiger partial charge in [-0.25, -0.2) is 0 Å². The number of rotatable bonds is 2.